The van der Waals surface area contributed by atoms with Gasteiger partial charge in [0.15, 0.2) is 5.13 Å². The fraction of sp³-hybridized carbons (Fsp3) is 0.100. The number of carbonyl (C=O) groups is 1. The third kappa shape index (κ3) is 4.47. The number of benzene rings is 2. The third-order valence-electron chi connectivity index (χ3n) is 4.06. The average molecular weight is 425 g/mol. The Morgan fingerprint density at radius 3 is 2.62 bits per heavy atom. The van der Waals surface area contributed by atoms with Crippen LogP contribution in [-0.2, 0) is 4.79 Å². The number of thioether (sulfide) groups is 1. The van der Waals surface area contributed by atoms with Crippen molar-refractivity contribution in [2.24, 2.45) is 0 Å². The first-order valence-electron chi connectivity index (χ1n) is 8.63. The van der Waals surface area contributed by atoms with E-state index in [1.165, 1.54) is 28.0 Å². The van der Waals surface area contributed by atoms with Crippen molar-refractivity contribution >= 4 is 34.1 Å². The number of thiazole rings is 1. The highest BCUT2D eigenvalue weighted by Crippen LogP contribution is 2.28. The van der Waals surface area contributed by atoms with Crippen LogP contribution in [0.25, 0.3) is 22.7 Å². The Hall–Kier alpha value is -3.17. The van der Waals surface area contributed by atoms with Crippen molar-refractivity contribution in [3.05, 3.63) is 60.0 Å². The zero-order chi connectivity index (χ0) is 20.2. The van der Waals surface area contributed by atoms with Gasteiger partial charge in [-0.25, -0.2) is 4.98 Å². The second kappa shape index (κ2) is 8.46. The molecule has 29 heavy (non-hydrogen) atoms. The van der Waals surface area contributed by atoms with Gasteiger partial charge >= 0.3 is 0 Å². The summed E-state index contributed by atoms with van der Waals surface area (Å²) in [5, 5.41) is 20.2. The molecule has 2 aromatic carbocycles. The molecule has 0 fully saturated rings. The van der Waals surface area contributed by atoms with Gasteiger partial charge in [-0.2, -0.15) is 0 Å². The average Bonchev–Trinajstić information content (AvgIpc) is 3.43. The summed E-state index contributed by atoms with van der Waals surface area (Å²) in [5.74, 6) is 0.525. The van der Waals surface area contributed by atoms with Gasteiger partial charge in [-0.1, -0.05) is 42.1 Å². The SMILES string of the molecule is CN(C(=O)CSc1nnc(-c2ccc(O)cc2)o1)c1nc(-c2ccccc2)cs1. The number of hydrogen-bond donors (Lipinski definition) is 1. The molecule has 4 aromatic rings. The minimum Gasteiger partial charge on any atom is -0.508 e. The monoisotopic (exact) mass is 424 g/mol. The number of phenols is 1. The first-order valence-corrected chi connectivity index (χ1v) is 10.5. The second-order valence-electron chi connectivity index (χ2n) is 6.04. The third-order valence-corrected chi connectivity index (χ3v) is 5.78. The molecule has 0 aliphatic rings. The number of hydrogen-bond acceptors (Lipinski definition) is 8. The number of nitrogens with zero attached hydrogens (tertiary/aromatic N) is 4. The zero-order valence-corrected chi connectivity index (χ0v) is 17.0. The number of anilines is 1. The van der Waals surface area contributed by atoms with Crippen LogP contribution in [0.5, 0.6) is 5.75 Å². The van der Waals surface area contributed by atoms with Gasteiger partial charge in [-0.15, -0.1) is 21.5 Å². The Labute approximate surface area is 175 Å². The number of carbonyl (C=O) groups excluding carboxylic acids is 1. The summed E-state index contributed by atoms with van der Waals surface area (Å²) in [6.45, 7) is 0. The van der Waals surface area contributed by atoms with Gasteiger partial charge in [0, 0.05) is 23.6 Å². The quantitative estimate of drug-likeness (QED) is 0.461. The molecule has 146 valence electrons. The lowest BCUT2D eigenvalue weighted by atomic mass is 10.2. The van der Waals surface area contributed by atoms with E-state index in [4.69, 9.17) is 4.42 Å². The smallest absolute Gasteiger partial charge is 0.277 e. The van der Waals surface area contributed by atoms with Crippen LogP contribution < -0.4 is 4.90 Å². The normalized spacial score (nSPS) is 10.8. The number of aromatic hydroxyl groups is 1. The van der Waals surface area contributed by atoms with Crippen LogP contribution in [0.15, 0.2) is 69.6 Å². The van der Waals surface area contributed by atoms with Crippen LogP contribution in [0.1, 0.15) is 0 Å². The van der Waals surface area contributed by atoms with Crippen molar-refractivity contribution in [2.45, 2.75) is 5.22 Å². The van der Waals surface area contributed by atoms with E-state index in [1.54, 1.807) is 31.3 Å². The van der Waals surface area contributed by atoms with Gasteiger partial charge < -0.3 is 9.52 Å². The molecule has 0 saturated heterocycles. The molecule has 0 spiro atoms. The summed E-state index contributed by atoms with van der Waals surface area (Å²) in [7, 11) is 1.70. The molecule has 1 amide bonds. The highest BCUT2D eigenvalue weighted by atomic mass is 32.2. The van der Waals surface area contributed by atoms with Crippen LogP contribution in [0.4, 0.5) is 5.13 Å². The number of amides is 1. The maximum atomic E-state index is 12.5. The molecule has 2 heterocycles. The first-order chi connectivity index (χ1) is 14.1. The summed E-state index contributed by atoms with van der Waals surface area (Å²) in [6, 6.07) is 16.3. The lowest BCUT2D eigenvalue weighted by molar-refractivity contribution is -0.115. The van der Waals surface area contributed by atoms with Crippen molar-refractivity contribution in [3.8, 4) is 28.5 Å². The van der Waals surface area contributed by atoms with E-state index in [0.29, 0.717) is 21.8 Å². The predicted molar refractivity (Wildman–Crippen MR) is 113 cm³/mol. The van der Waals surface area contributed by atoms with E-state index in [9.17, 15) is 9.90 Å². The molecule has 0 saturated carbocycles. The molecule has 0 aliphatic carbocycles. The summed E-state index contributed by atoms with van der Waals surface area (Å²) < 4.78 is 5.58. The Morgan fingerprint density at radius 2 is 1.86 bits per heavy atom. The molecular weight excluding hydrogens is 408 g/mol. The lowest BCUT2D eigenvalue weighted by Crippen LogP contribution is -2.27. The van der Waals surface area contributed by atoms with E-state index in [2.05, 4.69) is 15.2 Å². The largest absolute Gasteiger partial charge is 0.508 e. The highest BCUT2D eigenvalue weighted by Gasteiger charge is 2.17. The van der Waals surface area contributed by atoms with Crippen molar-refractivity contribution in [3.63, 3.8) is 0 Å². The Bertz CT molecular complexity index is 1110. The summed E-state index contributed by atoms with van der Waals surface area (Å²) in [6.07, 6.45) is 0. The Kier molecular flexibility index (Phi) is 5.59. The van der Waals surface area contributed by atoms with Gasteiger partial charge in [0.2, 0.25) is 11.8 Å². The van der Waals surface area contributed by atoms with Crippen molar-refractivity contribution < 1.29 is 14.3 Å². The second-order valence-corrected chi connectivity index (χ2v) is 7.81. The van der Waals surface area contributed by atoms with E-state index in [1.807, 2.05) is 35.7 Å². The lowest BCUT2D eigenvalue weighted by Gasteiger charge is -2.12. The molecule has 4 rings (SSSR count). The van der Waals surface area contributed by atoms with E-state index < -0.39 is 0 Å². The van der Waals surface area contributed by atoms with Crippen molar-refractivity contribution in [1.29, 1.82) is 0 Å². The van der Waals surface area contributed by atoms with E-state index in [0.717, 1.165) is 11.3 Å². The van der Waals surface area contributed by atoms with Crippen LogP contribution in [0.3, 0.4) is 0 Å². The fourth-order valence-corrected chi connectivity index (χ4v) is 3.97. The Morgan fingerprint density at radius 1 is 1.10 bits per heavy atom. The van der Waals surface area contributed by atoms with Gasteiger partial charge in [0.05, 0.1) is 11.4 Å². The first kappa shape index (κ1) is 19.2. The molecule has 0 radical (unpaired) electrons. The standard InChI is InChI=1S/C20H16N4O3S2/c1-24(19-21-16(11-28-19)13-5-3-2-4-6-13)17(26)12-29-20-23-22-18(27-20)14-7-9-15(25)10-8-14/h2-11,25H,12H2,1H3. The summed E-state index contributed by atoms with van der Waals surface area (Å²) in [4.78, 5) is 18.6. The molecule has 1 N–H and O–H groups in total. The van der Waals surface area contributed by atoms with Crippen LogP contribution in [0, 0.1) is 0 Å². The molecule has 0 unspecified atom stereocenters. The summed E-state index contributed by atoms with van der Waals surface area (Å²) in [5.41, 5.74) is 2.55. The van der Waals surface area contributed by atoms with Gasteiger partial charge in [0.25, 0.3) is 5.22 Å². The maximum absolute atomic E-state index is 12.5. The fourth-order valence-electron chi connectivity index (χ4n) is 2.48. The van der Waals surface area contributed by atoms with Gasteiger partial charge in [0.1, 0.15) is 5.75 Å². The summed E-state index contributed by atoms with van der Waals surface area (Å²) >= 11 is 2.59. The molecule has 2 aromatic heterocycles. The highest BCUT2D eigenvalue weighted by molar-refractivity contribution is 7.99. The van der Waals surface area contributed by atoms with Gasteiger partial charge in [-0.3, -0.25) is 9.69 Å². The topological polar surface area (TPSA) is 92.4 Å². The minimum atomic E-state index is -0.117. The molecular formula is C20H16N4O3S2. The molecule has 0 bridgehead atoms. The van der Waals surface area contributed by atoms with Crippen molar-refractivity contribution in [2.75, 3.05) is 17.7 Å². The van der Waals surface area contributed by atoms with Gasteiger partial charge in [-0.05, 0) is 24.3 Å². The molecule has 0 atom stereocenters. The van der Waals surface area contributed by atoms with E-state index >= 15 is 0 Å². The van der Waals surface area contributed by atoms with Crippen LogP contribution in [-0.4, -0.2) is 39.0 Å². The molecule has 7 nitrogen and oxygen atoms in total. The molecule has 9 heteroatoms. The van der Waals surface area contributed by atoms with Crippen LogP contribution >= 0.6 is 23.1 Å². The van der Waals surface area contributed by atoms with E-state index in [-0.39, 0.29) is 17.4 Å². The predicted octanol–water partition coefficient (Wildman–Crippen LogP) is 4.32. The number of aromatic nitrogens is 3. The zero-order valence-electron chi connectivity index (χ0n) is 15.3. The number of phenolic OH excluding ortho intramolecular Hbond substituents is 1. The number of rotatable bonds is 6. The minimum absolute atomic E-state index is 0.117. The van der Waals surface area contributed by atoms with Crippen LogP contribution in [0.2, 0.25) is 0 Å². The molecule has 0 aliphatic heterocycles. The van der Waals surface area contributed by atoms with Crippen molar-refractivity contribution in [1.82, 2.24) is 15.2 Å². The Balaban J connectivity index is 1.37. The maximum Gasteiger partial charge on any atom is 0.277 e.